The van der Waals surface area contributed by atoms with Gasteiger partial charge < -0.3 is 4.42 Å². The lowest BCUT2D eigenvalue weighted by molar-refractivity contribution is -0.120. The summed E-state index contributed by atoms with van der Waals surface area (Å²) in [7, 11) is -4.21. The number of aromatic nitrogens is 1. The Labute approximate surface area is 169 Å². The second-order valence-corrected chi connectivity index (χ2v) is 8.86. The Morgan fingerprint density at radius 2 is 1.79 bits per heavy atom. The number of aryl methyl sites for hydroxylation is 1. The molecule has 1 aromatic heterocycles. The first-order valence-electron chi connectivity index (χ1n) is 9.13. The third kappa shape index (κ3) is 4.37. The van der Waals surface area contributed by atoms with Crippen LogP contribution in [0.4, 0.5) is 0 Å². The summed E-state index contributed by atoms with van der Waals surface area (Å²) >= 11 is 0. The maximum atomic E-state index is 13.1. The lowest BCUT2D eigenvalue weighted by Crippen LogP contribution is -2.32. The fourth-order valence-electron chi connectivity index (χ4n) is 2.47. The molecule has 0 atom stereocenters. The number of carbonyl (C=O) groups excluding carboxylic acids is 1. The van der Waals surface area contributed by atoms with Gasteiger partial charge >= 0.3 is 10.1 Å². The van der Waals surface area contributed by atoms with E-state index in [1.54, 1.807) is 50.2 Å². The van der Waals surface area contributed by atoms with Crippen LogP contribution in [0.2, 0.25) is 0 Å². The van der Waals surface area contributed by atoms with Crippen molar-refractivity contribution >= 4 is 32.7 Å². The quantitative estimate of drug-likeness (QED) is 0.423. The van der Waals surface area contributed by atoms with E-state index in [0.717, 1.165) is 5.56 Å². The van der Waals surface area contributed by atoms with Gasteiger partial charge in [0.1, 0.15) is 10.4 Å². The summed E-state index contributed by atoms with van der Waals surface area (Å²) in [6, 6.07) is 13.1. The summed E-state index contributed by atoms with van der Waals surface area (Å²) in [5.74, 6) is -0.512. The monoisotopic (exact) mass is 414 g/mol. The van der Waals surface area contributed by atoms with E-state index in [2.05, 4.69) is 10.1 Å². The first-order valence-corrected chi connectivity index (χ1v) is 10.5. The van der Waals surface area contributed by atoms with Crippen LogP contribution in [0, 0.1) is 12.3 Å². The number of hydrogen-bond acceptors (Lipinski definition) is 7. The fraction of sp³-hybridized carbons (Fsp3) is 0.286. The van der Waals surface area contributed by atoms with Crippen LogP contribution in [0.1, 0.15) is 38.6 Å². The van der Waals surface area contributed by atoms with Gasteiger partial charge in [0.05, 0.1) is 0 Å². The van der Waals surface area contributed by atoms with Gasteiger partial charge in [0, 0.05) is 5.41 Å². The molecule has 0 fully saturated rings. The molecule has 0 aliphatic rings. The number of oxazole rings is 1. The third-order valence-electron chi connectivity index (χ3n) is 4.75. The maximum Gasteiger partial charge on any atom is 0.358 e. The van der Waals surface area contributed by atoms with Crippen molar-refractivity contribution in [3.63, 3.8) is 0 Å². The zero-order valence-corrected chi connectivity index (χ0v) is 17.5. The first kappa shape index (κ1) is 20.7. The summed E-state index contributed by atoms with van der Waals surface area (Å²) in [6.07, 6.45) is 0.510. The lowest BCUT2D eigenvalue weighted by Gasteiger charge is -2.20. The SMILES string of the molecule is CCC(C)(C)C(=O)C(=NOS(=O)(=O)c1ccc(C)cc1)c1nc2ccccc2o1. The molecular weight excluding hydrogens is 392 g/mol. The number of nitrogens with zero attached hydrogens (tertiary/aromatic N) is 2. The van der Waals surface area contributed by atoms with Crippen molar-refractivity contribution in [1.29, 1.82) is 0 Å². The highest BCUT2D eigenvalue weighted by Crippen LogP contribution is 2.25. The third-order valence-corrected chi connectivity index (χ3v) is 5.87. The number of ketones is 1. The topological polar surface area (TPSA) is 98.8 Å². The Morgan fingerprint density at radius 3 is 2.41 bits per heavy atom. The Hall–Kier alpha value is -3.00. The van der Waals surface area contributed by atoms with Crippen LogP contribution in [-0.2, 0) is 19.2 Å². The molecule has 0 amide bonds. The molecule has 0 bridgehead atoms. The van der Waals surface area contributed by atoms with E-state index in [1.165, 1.54) is 12.1 Å². The fourth-order valence-corrected chi connectivity index (χ4v) is 3.19. The van der Waals surface area contributed by atoms with E-state index in [1.807, 2.05) is 13.8 Å². The zero-order valence-electron chi connectivity index (χ0n) is 16.7. The van der Waals surface area contributed by atoms with E-state index < -0.39 is 21.3 Å². The van der Waals surface area contributed by atoms with Crippen molar-refractivity contribution in [3.8, 4) is 0 Å². The normalized spacial score (nSPS) is 12.9. The summed E-state index contributed by atoms with van der Waals surface area (Å²) in [5, 5.41) is 3.70. The van der Waals surface area contributed by atoms with Crippen molar-refractivity contribution in [3.05, 3.63) is 60.0 Å². The number of hydrogen-bond donors (Lipinski definition) is 0. The highest BCUT2D eigenvalue weighted by Gasteiger charge is 2.34. The second kappa shape index (κ2) is 7.79. The molecule has 7 nitrogen and oxygen atoms in total. The minimum Gasteiger partial charge on any atom is -0.435 e. The maximum absolute atomic E-state index is 13.1. The molecule has 1 heterocycles. The molecule has 0 saturated carbocycles. The lowest BCUT2D eigenvalue weighted by atomic mass is 9.83. The van der Waals surface area contributed by atoms with Crippen LogP contribution in [0.15, 0.2) is 63.0 Å². The number of benzene rings is 2. The molecule has 3 rings (SSSR count). The molecule has 0 saturated heterocycles. The molecule has 2 aromatic carbocycles. The highest BCUT2D eigenvalue weighted by atomic mass is 32.2. The minimum absolute atomic E-state index is 0.0639. The average molecular weight is 414 g/mol. The molecule has 0 aliphatic heterocycles. The van der Waals surface area contributed by atoms with E-state index >= 15 is 0 Å². The predicted molar refractivity (Wildman–Crippen MR) is 109 cm³/mol. The first-order chi connectivity index (χ1) is 13.6. The van der Waals surface area contributed by atoms with Gasteiger partial charge in [-0.15, -0.1) is 0 Å². The van der Waals surface area contributed by atoms with Crippen molar-refractivity contribution in [1.82, 2.24) is 4.98 Å². The van der Waals surface area contributed by atoms with Gasteiger partial charge in [-0.2, -0.15) is 8.42 Å². The number of rotatable bonds is 7. The molecule has 0 spiro atoms. The highest BCUT2D eigenvalue weighted by molar-refractivity contribution is 7.86. The standard InChI is InChI=1S/C21H22N2O5S/c1-5-21(3,4)19(24)18(20-22-16-8-6-7-9-17(16)27-20)23-28-29(25,26)15-12-10-14(2)11-13-15/h6-13H,5H2,1-4H3. The van der Waals surface area contributed by atoms with E-state index in [4.69, 9.17) is 8.70 Å². The Bertz CT molecular complexity index is 1140. The number of oxime groups is 1. The largest absolute Gasteiger partial charge is 0.435 e. The van der Waals surface area contributed by atoms with Crippen LogP contribution >= 0.6 is 0 Å². The molecule has 8 heteroatoms. The van der Waals surface area contributed by atoms with Gasteiger partial charge in [-0.25, -0.2) is 4.98 Å². The van der Waals surface area contributed by atoms with Crippen molar-refractivity contribution < 1.29 is 21.9 Å². The predicted octanol–water partition coefficient (Wildman–Crippen LogP) is 4.25. The molecule has 0 radical (unpaired) electrons. The Kier molecular flexibility index (Phi) is 5.57. The van der Waals surface area contributed by atoms with Crippen LogP contribution in [0.5, 0.6) is 0 Å². The molecular formula is C21H22N2O5S. The number of carbonyl (C=O) groups is 1. The number of Topliss-reactive ketones (excluding diaryl/α,β-unsaturated/α-hetero) is 1. The van der Waals surface area contributed by atoms with Crippen LogP contribution in [0.25, 0.3) is 11.1 Å². The molecule has 152 valence electrons. The van der Waals surface area contributed by atoms with Crippen molar-refractivity contribution in [2.45, 2.75) is 39.0 Å². The summed E-state index contributed by atoms with van der Waals surface area (Å²) < 4.78 is 35.5. The van der Waals surface area contributed by atoms with Crippen molar-refractivity contribution in [2.75, 3.05) is 0 Å². The van der Waals surface area contributed by atoms with E-state index in [9.17, 15) is 13.2 Å². The zero-order chi connectivity index (χ0) is 21.2. The Balaban J connectivity index is 2.04. The average Bonchev–Trinajstić information content (AvgIpc) is 3.12. The smallest absolute Gasteiger partial charge is 0.358 e. The molecule has 0 aliphatic carbocycles. The number of fused-ring (bicyclic) bond motifs is 1. The van der Waals surface area contributed by atoms with Gasteiger partial charge in [0.25, 0.3) is 5.89 Å². The van der Waals surface area contributed by atoms with Gasteiger partial charge in [-0.05, 0) is 37.6 Å². The minimum atomic E-state index is -4.21. The van der Waals surface area contributed by atoms with Crippen LogP contribution in [0.3, 0.4) is 0 Å². The molecule has 0 unspecified atom stereocenters. The summed E-state index contributed by atoms with van der Waals surface area (Å²) in [5.41, 5.74) is 0.803. The second-order valence-electron chi connectivity index (χ2n) is 7.33. The van der Waals surface area contributed by atoms with Gasteiger partial charge in [0.2, 0.25) is 5.71 Å². The van der Waals surface area contributed by atoms with Gasteiger partial charge in [-0.1, -0.05) is 55.8 Å². The van der Waals surface area contributed by atoms with E-state index in [0.29, 0.717) is 17.5 Å². The van der Waals surface area contributed by atoms with Gasteiger partial charge in [-0.3, -0.25) is 9.08 Å². The molecule has 29 heavy (non-hydrogen) atoms. The molecule has 3 aromatic rings. The van der Waals surface area contributed by atoms with Crippen molar-refractivity contribution in [2.24, 2.45) is 10.6 Å². The van der Waals surface area contributed by atoms with Crippen LogP contribution < -0.4 is 0 Å². The van der Waals surface area contributed by atoms with Gasteiger partial charge in [0.15, 0.2) is 11.4 Å². The van der Waals surface area contributed by atoms with E-state index in [-0.39, 0.29) is 16.5 Å². The Morgan fingerprint density at radius 1 is 1.14 bits per heavy atom. The number of para-hydroxylation sites is 2. The molecule has 0 N–H and O–H groups in total. The van der Waals surface area contributed by atoms with Crippen LogP contribution in [-0.4, -0.2) is 24.9 Å². The summed E-state index contributed by atoms with van der Waals surface area (Å²) in [4.78, 5) is 17.3. The summed E-state index contributed by atoms with van der Waals surface area (Å²) in [6.45, 7) is 7.17.